The fourth-order valence-electron chi connectivity index (χ4n) is 4.83. The molecule has 202 valence electrons. The number of fused-ring (bicyclic) bond motifs is 1. The van der Waals surface area contributed by atoms with Crippen LogP contribution in [0.2, 0.25) is 0 Å². The zero-order chi connectivity index (χ0) is 27.5. The van der Waals surface area contributed by atoms with Gasteiger partial charge in [0.15, 0.2) is 5.82 Å². The van der Waals surface area contributed by atoms with Gasteiger partial charge in [-0.05, 0) is 49.9 Å². The van der Waals surface area contributed by atoms with Gasteiger partial charge in [0.2, 0.25) is 11.9 Å². The number of methoxy groups -OCH3 is 1. The van der Waals surface area contributed by atoms with Crippen LogP contribution in [-0.2, 0) is 11.3 Å². The number of carbonyl (C=O) groups is 2. The Morgan fingerprint density at radius 3 is 2.79 bits per heavy atom. The minimum absolute atomic E-state index is 0.244. The van der Waals surface area contributed by atoms with Gasteiger partial charge in [-0.2, -0.15) is 4.98 Å². The number of hydrogen-bond donors (Lipinski definition) is 3. The van der Waals surface area contributed by atoms with Crippen molar-refractivity contribution in [2.75, 3.05) is 54.7 Å². The topological polar surface area (TPSA) is 115 Å². The fourth-order valence-corrected chi connectivity index (χ4v) is 4.83. The second kappa shape index (κ2) is 11.0. The second-order valence-electron chi connectivity index (χ2n) is 9.49. The molecule has 11 nitrogen and oxygen atoms in total. The zero-order valence-corrected chi connectivity index (χ0v) is 22.3. The highest BCUT2D eigenvalue weighted by Gasteiger charge is 2.32. The molecular weight excluding hydrogens is 496 g/mol. The van der Waals surface area contributed by atoms with E-state index in [4.69, 9.17) is 9.72 Å². The average molecular weight is 529 g/mol. The molecule has 0 bridgehead atoms. The lowest BCUT2D eigenvalue weighted by Gasteiger charge is -2.34. The Labute approximate surface area is 227 Å². The van der Waals surface area contributed by atoms with E-state index in [1.54, 1.807) is 49.5 Å². The number of rotatable bonds is 8. The van der Waals surface area contributed by atoms with Crippen molar-refractivity contribution in [3.05, 3.63) is 66.9 Å². The van der Waals surface area contributed by atoms with Gasteiger partial charge in [0, 0.05) is 55.4 Å². The fraction of sp³-hybridized carbons (Fsp3) is 0.286. The van der Waals surface area contributed by atoms with E-state index in [1.165, 1.54) is 11.0 Å². The number of nitrogens with one attached hydrogen (secondary N) is 3. The number of aromatic nitrogens is 2. The van der Waals surface area contributed by atoms with E-state index in [0.717, 1.165) is 30.8 Å². The number of likely N-dealkylation sites (N-methyl/N-ethyl adjacent to an activating group) is 1. The molecule has 39 heavy (non-hydrogen) atoms. The van der Waals surface area contributed by atoms with Gasteiger partial charge in [0.25, 0.3) is 0 Å². The van der Waals surface area contributed by atoms with Crippen LogP contribution in [0.5, 0.6) is 5.75 Å². The Morgan fingerprint density at radius 2 is 2.05 bits per heavy atom. The maximum Gasteiger partial charge on any atom is 0.330 e. The van der Waals surface area contributed by atoms with Crippen LogP contribution in [0.4, 0.5) is 39.3 Å². The highest BCUT2D eigenvalue weighted by atomic mass is 16.5. The molecule has 1 atom stereocenters. The molecule has 11 heteroatoms. The molecule has 0 aliphatic carbocycles. The average Bonchev–Trinajstić information content (AvgIpc) is 3.44. The number of amides is 3. The summed E-state index contributed by atoms with van der Waals surface area (Å²) in [5.74, 6) is 1.12. The van der Waals surface area contributed by atoms with Crippen LogP contribution >= 0.6 is 0 Å². The smallest absolute Gasteiger partial charge is 0.330 e. The summed E-state index contributed by atoms with van der Waals surface area (Å²) in [5, 5.41) is 9.33. The number of benzene rings is 2. The van der Waals surface area contributed by atoms with Gasteiger partial charge in [-0.15, -0.1) is 0 Å². The molecule has 5 rings (SSSR count). The molecule has 1 saturated heterocycles. The number of anilines is 6. The normalized spacial score (nSPS) is 16.6. The van der Waals surface area contributed by atoms with Gasteiger partial charge >= 0.3 is 6.03 Å². The van der Waals surface area contributed by atoms with Gasteiger partial charge in [0.1, 0.15) is 5.75 Å². The van der Waals surface area contributed by atoms with E-state index in [1.807, 2.05) is 19.2 Å². The van der Waals surface area contributed by atoms with Crippen molar-refractivity contribution >= 4 is 46.5 Å². The Hall–Kier alpha value is -4.64. The van der Waals surface area contributed by atoms with E-state index >= 15 is 0 Å². The quantitative estimate of drug-likeness (QED) is 0.378. The molecule has 0 unspecified atom stereocenters. The Balaban J connectivity index is 1.44. The summed E-state index contributed by atoms with van der Waals surface area (Å²) in [5.41, 5.74) is 3.69. The lowest BCUT2D eigenvalue weighted by molar-refractivity contribution is -0.111. The summed E-state index contributed by atoms with van der Waals surface area (Å²) in [6.07, 6.45) is 4.00. The minimum atomic E-state index is -0.338. The van der Waals surface area contributed by atoms with Gasteiger partial charge in [-0.25, -0.2) is 14.7 Å². The summed E-state index contributed by atoms with van der Waals surface area (Å²) >= 11 is 0. The van der Waals surface area contributed by atoms with Crippen molar-refractivity contribution in [3.63, 3.8) is 0 Å². The van der Waals surface area contributed by atoms with Crippen molar-refractivity contribution in [1.82, 2.24) is 20.2 Å². The minimum Gasteiger partial charge on any atom is -0.494 e. The van der Waals surface area contributed by atoms with E-state index in [2.05, 4.69) is 38.5 Å². The third-order valence-corrected chi connectivity index (χ3v) is 6.93. The van der Waals surface area contributed by atoms with Gasteiger partial charge < -0.3 is 30.5 Å². The Bertz CT molecular complexity index is 1410. The number of urea groups is 1. The maximum absolute atomic E-state index is 13.3. The molecule has 3 aromatic rings. The van der Waals surface area contributed by atoms with E-state index in [0.29, 0.717) is 47.2 Å². The van der Waals surface area contributed by atoms with Crippen molar-refractivity contribution in [2.24, 2.45) is 0 Å². The van der Waals surface area contributed by atoms with Gasteiger partial charge in [-0.1, -0.05) is 12.6 Å². The zero-order valence-electron chi connectivity index (χ0n) is 22.3. The Kier molecular flexibility index (Phi) is 7.33. The first kappa shape index (κ1) is 26.0. The second-order valence-corrected chi connectivity index (χ2v) is 9.49. The number of hydrogen-bond acceptors (Lipinski definition) is 8. The van der Waals surface area contributed by atoms with E-state index in [9.17, 15) is 9.59 Å². The van der Waals surface area contributed by atoms with Crippen LogP contribution in [0.1, 0.15) is 12.0 Å². The summed E-state index contributed by atoms with van der Waals surface area (Å²) < 4.78 is 5.69. The van der Waals surface area contributed by atoms with E-state index < -0.39 is 0 Å². The third kappa shape index (κ3) is 5.34. The molecule has 3 heterocycles. The highest BCUT2D eigenvalue weighted by molar-refractivity contribution is 6.03. The molecule has 3 amide bonds. The van der Waals surface area contributed by atoms with E-state index in [-0.39, 0.29) is 11.9 Å². The molecule has 0 spiro atoms. The summed E-state index contributed by atoms with van der Waals surface area (Å²) in [6.45, 7) is 5.78. The van der Waals surface area contributed by atoms with Crippen LogP contribution in [0, 0.1) is 0 Å². The summed E-state index contributed by atoms with van der Waals surface area (Å²) in [7, 11) is 5.34. The predicted molar refractivity (Wildman–Crippen MR) is 152 cm³/mol. The monoisotopic (exact) mass is 528 g/mol. The molecule has 3 N–H and O–H groups in total. The van der Waals surface area contributed by atoms with Crippen LogP contribution in [0.3, 0.4) is 0 Å². The third-order valence-electron chi connectivity index (χ3n) is 6.93. The van der Waals surface area contributed by atoms with Crippen LogP contribution in [-0.4, -0.2) is 67.1 Å². The number of carbonyl (C=O) groups excluding carboxylic acids is 2. The molecule has 1 fully saturated rings. The molecule has 1 aromatic heterocycles. The summed E-state index contributed by atoms with van der Waals surface area (Å²) in [4.78, 5) is 39.8. The first-order valence-electron chi connectivity index (χ1n) is 12.7. The first-order chi connectivity index (χ1) is 18.9. The van der Waals surface area contributed by atoms with Crippen molar-refractivity contribution in [1.29, 1.82) is 0 Å². The molecule has 0 saturated carbocycles. The number of nitrogens with zero attached hydrogens (tertiary/aromatic N) is 5. The largest absolute Gasteiger partial charge is 0.494 e. The predicted octanol–water partition coefficient (Wildman–Crippen LogP) is 3.85. The van der Waals surface area contributed by atoms with Crippen molar-refractivity contribution < 1.29 is 14.3 Å². The molecular formula is C28H32N8O3. The molecule has 2 aliphatic rings. The van der Waals surface area contributed by atoms with Crippen LogP contribution in [0.15, 0.2) is 61.3 Å². The lowest BCUT2D eigenvalue weighted by atomic mass is 10.2. The molecule has 2 aliphatic heterocycles. The Morgan fingerprint density at radius 1 is 1.21 bits per heavy atom. The standard InChI is InChI=1S/C28H32N8O3/c1-5-25(37)31-19-7-6-8-22(13-19)36-26-18(16-34(3)28(36)38)15-30-27(33-26)32-23-10-9-21(14-24(23)39-4)35-12-11-20(17-35)29-2/h5-10,13-15,20,29H,1,11-12,16-17H2,2-4H3,(H,31,37)(H,30,32,33)/t20-/m1/s1. The molecule has 2 aromatic carbocycles. The summed E-state index contributed by atoms with van der Waals surface area (Å²) in [6, 6.07) is 13.3. The van der Waals surface area contributed by atoms with Gasteiger partial charge in [0.05, 0.1) is 25.0 Å². The maximum atomic E-state index is 13.3. The molecule has 0 radical (unpaired) electrons. The SMILES string of the molecule is C=CC(=O)Nc1cccc(N2C(=O)N(C)Cc3cnc(Nc4ccc(N5CC[C@@H](NC)C5)cc4OC)nc32)c1. The van der Waals surface area contributed by atoms with Gasteiger partial charge in [-0.3, -0.25) is 4.79 Å². The highest BCUT2D eigenvalue weighted by Crippen LogP contribution is 2.36. The lowest BCUT2D eigenvalue weighted by Crippen LogP contribution is -2.43. The number of ether oxygens (including phenoxy) is 1. The van der Waals surface area contributed by atoms with Crippen LogP contribution in [0.25, 0.3) is 0 Å². The van der Waals surface area contributed by atoms with Crippen molar-refractivity contribution in [2.45, 2.75) is 19.0 Å². The van der Waals surface area contributed by atoms with Crippen molar-refractivity contribution in [3.8, 4) is 5.75 Å². The van der Waals surface area contributed by atoms with Crippen LogP contribution < -0.4 is 30.5 Å². The first-order valence-corrected chi connectivity index (χ1v) is 12.7.